The van der Waals surface area contributed by atoms with Gasteiger partial charge in [0.15, 0.2) is 11.5 Å². The molecule has 0 aromatic heterocycles. The average molecular weight is 391 g/mol. The largest absolute Gasteiger partial charge is 0.493 e. The fourth-order valence-electron chi connectivity index (χ4n) is 1.82. The molecule has 1 aromatic carbocycles. The summed E-state index contributed by atoms with van der Waals surface area (Å²) in [6.07, 6.45) is 7.46. The molecule has 1 amide bonds. The first-order valence-electron chi connectivity index (χ1n) is 7.33. The van der Waals surface area contributed by atoms with Crippen molar-refractivity contribution in [2.45, 2.75) is 26.3 Å². The summed E-state index contributed by atoms with van der Waals surface area (Å²) in [7, 11) is 1.50. The van der Waals surface area contributed by atoms with Crippen molar-refractivity contribution in [3.8, 4) is 29.9 Å². The molecule has 0 heterocycles. The number of methoxy groups -OCH3 is 1. The first-order chi connectivity index (χ1) is 11.5. The third-order valence-corrected chi connectivity index (χ3v) is 3.68. The number of nitriles is 1. The Morgan fingerprint density at radius 2 is 2.25 bits per heavy atom. The van der Waals surface area contributed by atoms with Gasteiger partial charge in [-0.1, -0.05) is 28.8 Å². The minimum absolute atomic E-state index is 0.0246. The van der Waals surface area contributed by atoms with Gasteiger partial charge in [-0.25, -0.2) is 0 Å². The number of ether oxygens (including phenoxy) is 2. The molecular weight excluding hydrogens is 372 g/mol. The van der Waals surface area contributed by atoms with Gasteiger partial charge in [-0.2, -0.15) is 5.26 Å². The molecule has 0 aliphatic heterocycles. The molecular formula is C18H19BrN2O3. The highest BCUT2D eigenvalue weighted by Gasteiger charge is 2.16. The lowest BCUT2D eigenvalue weighted by molar-refractivity contribution is -0.117. The Kier molecular flexibility index (Phi) is 7.88. The third-order valence-electron chi connectivity index (χ3n) is 3.22. The summed E-state index contributed by atoms with van der Waals surface area (Å²) in [6.45, 7) is 3.86. The van der Waals surface area contributed by atoms with Crippen LogP contribution in [0.4, 0.5) is 0 Å². The standard InChI is InChI=1S/C18H19BrN2O3/c1-5-7-24-17-13(9-15(19)10-16(17)23-4)8-14(11-20)18(22)21-12(3)6-2/h1,8-10,12H,6-7H2,2-4H3,(H,21,22)/b14-8+/t12-/m1/s1. The zero-order valence-corrected chi connectivity index (χ0v) is 15.4. The number of rotatable bonds is 7. The van der Waals surface area contributed by atoms with Crippen molar-refractivity contribution in [3.05, 3.63) is 27.7 Å². The molecule has 0 saturated heterocycles. The van der Waals surface area contributed by atoms with Gasteiger partial charge in [0.1, 0.15) is 18.2 Å². The first-order valence-corrected chi connectivity index (χ1v) is 8.12. The lowest BCUT2D eigenvalue weighted by atomic mass is 10.1. The molecule has 0 radical (unpaired) electrons. The fourth-order valence-corrected chi connectivity index (χ4v) is 2.28. The van der Waals surface area contributed by atoms with Crippen LogP contribution in [-0.4, -0.2) is 25.7 Å². The van der Waals surface area contributed by atoms with Crippen LogP contribution in [0.2, 0.25) is 0 Å². The van der Waals surface area contributed by atoms with E-state index >= 15 is 0 Å². The molecule has 0 aliphatic carbocycles. The van der Waals surface area contributed by atoms with Crippen LogP contribution in [0.3, 0.4) is 0 Å². The van der Waals surface area contributed by atoms with E-state index in [4.69, 9.17) is 15.9 Å². The van der Waals surface area contributed by atoms with Crippen LogP contribution in [0.15, 0.2) is 22.2 Å². The second-order valence-electron chi connectivity index (χ2n) is 4.97. The highest BCUT2D eigenvalue weighted by atomic mass is 79.9. The van der Waals surface area contributed by atoms with Crippen LogP contribution in [0.1, 0.15) is 25.8 Å². The van der Waals surface area contributed by atoms with E-state index in [0.29, 0.717) is 17.1 Å². The molecule has 126 valence electrons. The van der Waals surface area contributed by atoms with Crippen molar-refractivity contribution in [2.75, 3.05) is 13.7 Å². The maximum atomic E-state index is 12.2. The van der Waals surface area contributed by atoms with Gasteiger partial charge < -0.3 is 14.8 Å². The summed E-state index contributed by atoms with van der Waals surface area (Å²) < 4.78 is 11.5. The molecule has 1 N–H and O–H groups in total. The van der Waals surface area contributed by atoms with E-state index in [2.05, 4.69) is 27.2 Å². The number of carbonyl (C=O) groups excluding carboxylic acids is 1. The molecule has 0 bridgehead atoms. The molecule has 0 fully saturated rings. The average Bonchev–Trinajstić information content (AvgIpc) is 2.57. The quantitative estimate of drug-likeness (QED) is 0.440. The Balaban J connectivity index is 3.32. The van der Waals surface area contributed by atoms with Crippen LogP contribution < -0.4 is 14.8 Å². The molecule has 1 rings (SSSR count). The number of terminal acetylenes is 1. The Morgan fingerprint density at radius 3 is 2.79 bits per heavy atom. The van der Waals surface area contributed by atoms with E-state index in [9.17, 15) is 10.1 Å². The minimum Gasteiger partial charge on any atom is -0.493 e. The van der Waals surface area contributed by atoms with E-state index in [-0.39, 0.29) is 18.2 Å². The monoisotopic (exact) mass is 390 g/mol. The number of halogens is 1. The molecule has 5 nitrogen and oxygen atoms in total. The molecule has 1 atom stereocenters. The van der Waals surface area contributed by atoms with Crippen LogP contribution in [0, 0.1) is 23.7 Å². The van der Waals surface area contributed by atoms with Crippen LogP contribution >= 0.6 is 15.9 Å². The molecule has 6 heteroatoms. The van der Waals surface area contributed by atoms with Gasteiger partial charge in [-0.05, 0) is 31.6 Å². The Labute approximate surface area is 150 Å². The SMILES string of the molecule is C#CCOc1c(/C=C(\C#N)C(=O)N[C@H](C)CC)cc(Br)cc1OC. The number of carbonyl (C=O) groups is 1. The highest BCUT2D eigenvalue weighted by molar-refractivity contribution is 9.10. The van der Waals surface area contributed by atoms with Gasteiger partial charge in [-0.15, -0.1) is 6.42 Å². The van der Waals surface area contributed by atoms with E-state index in [1.54, 1.807) is 12.1 Å². The lowest BCUT2D eigenvalue weighted by Gasteiger charge is -2.14. The summed E-state index contributed by atoms with van der Waals surface area (Å²) in [6, 6.07) is 5.33. The molecule has 0 spiro atoms. The highest BCUT2D eigenvalue weighted by Crippen LogP contribution is 2.36. The van der Waals surface area contributed by atoms with Gasteiger partial charge in [-0.3, -0.25) is 4.79 Å². The normalized spacial score (nSPS) is 11.8. The minimum atomic E-state index is -0.436. The van der Waals surface area contributed by atoms with E-state index in [1.807, 2.05) is 19.9 Å². The van der Waals surface area contributed by atoms with Gasteiger partial charge in [0.05, 0.1) is 7.11 Å². The smallest absolute Gasteiger partial charge is 0.262 e. The van der Waals surface area contributed by atoms with Gasteiger partial charge in [0.25, 0.3) is 5.91 Å². The summed E-state index contributed by atoms with van der Waals surface area (Å²) in [5.74, 6) is 2.77. The second kappa shape index (κ2) is 9.64. The number of nitrogens with zero attached hydrogens (tertiary/aromatic N) is 1. The third kappa shape index (κ3) is 5.33. The van der Waals surface area contributed by atoms with E-state index < -0.39 is 5.91 Å². The summed E-state index contributed by atoms with van der Waals surface area (Å²) in [5, 5.41) is 12.1. The topological polar surface area (TPSA) is 71.3 Å². The first kappa shape index (κ1) is 19.6. The Hall–Kier alpha value is -2.44. The van der Waals surface area contributed by atoms with Crippen molar-refractivity contribution in [1.29, 1.82) is 5.26 Å². The Morgan fingerprint density at radius 1 is 1.54 bits per heavy atom. The summed E-state index contributed by atoms with van der Waals surface area (Å²) >= 11 is 3.37. The van der Waals surface area contributed by atoms with E-state index in [1.165, 1.54) is 13.2 Å². The maximum absolute atomic E-state index is 12.2. The second-order valence-corrected chi connectivity index (χ2v) is 5.89. The zero-order chi connectivity index (χ0) is 18.1. The van der Waals surface area contributed by atoms with Crippen LogP contribution in [0.5, 0.6) is 11.5 Å². The van der Waals surface area contributed by atoms with Gasteiger partial charge in [0, 0.05) is 16.1 Å². The maximum Gasteiger partial charge on any atom is 0.262 e. The predicted octanol–water partition coefficient (Wildman–Crippen LogP) is 3.29. The zero-order valence-electron chi connectivity index (χ0n) is 13.9. The van der Waals surface area contributed by atoms with Gasteiger partial charge >= 0.3 is 0 Å². The number of nitrogens with one attached hydrogen (secondary N) is 1. The van der Waals surface area contributed by atoms with Crippen molar-refractivity contribution in [2.24, 2.45) is 0 Å². The Bertz CT molecular complexity index is 714. The van der Waals surface area contributed by atoms with Crippen LogP contribution in [0.25, 0.3) is 6.08 Å². The van der Waals surface area contributed by atoms with Gasteiger partial charge in [0.2, 0.25) is 0 Å². The van der Waals surface area contributed by atoms with E-state index in [0.717, 1.165) is 10.9 Å². The van der Waals surface area contributed by atoms with Crippen molar-refractivity contribution < 1.29 is 14.3 Å². The lowest BCUT2D eigenvalue weighted by Crippen LogP contribution is -2.32. The van der Waals surface area contributed by atoms with Crippen LogP contribution in [-0.2, 0) is 4.79 Å². The fraction of sp³-hybridized carbons (Fsp3) is 0.333. The number of amides is 1. The molecule has 0 unspecified atom stereocenters. The van der Waals surface area contributed by atoms with Crippen molar-refractivity contribution in [3.63, 3.8) is 0 Å². The number of benzene rings is 1. The predicted molar refractivity (Wildman–Crippen MR) is 96.5 cm³/mol. The number of hydrogen-bond donors (Lipinski definition) is 1. The number of hydrogen-bond acceptors (Lipinski definition) is 4. The molecule has 0 aliphatic rings. The molecule has 24 heavy (non-hydrogen) atoms. The van der Waals surface area contributed by atoms with Crippen molar-refractivity contribution >= 4 is 27.9 Å². The molecule has 1 aromatic rings. The summed E-state index contributed by atoms with van der Waals surface area (Å²) in [5.41, 5.74) is 0.494. The summed E-state index contributed by atoms with van der Waals surface area (Å²) in [4.78, 5) is 12.2. The molecule has 0 saturated carbocycles. The van der Waals surface area contributed by atoms with Crippen molar-refractivity contribution in [1.82, 2.24) is 5.32 Å².